The van der Waals surface area contributed by atoms with Gasteiger partial charge < -0.3 is 53.2 Å². The Labute approximate surface area is 173 Å². The molecule has 0 heterocycles. The largest absolute Gasteiger partial charge is 1.00 e. The molecule has 0 amide bonds. The van der Waals surface area contributed by atoms with E-state index in [2.05, 4.69) is 6.58 Å². The molecule has 0 atom stereocenters. The van der Waals surface area contributed by atoms with E-state index in [1.807, 2.05) is 36.4 Å². The van der Waals surface area contributed by atoms with Crippen LogP contribution in [0.2, 0.25) is 0 Å². The minimum absolute atomic E-state index is 0. The first-order valence-corrected chi connectivity index (χ1v) is 5.23. The van der Waals surface area contributed by atoms with Gasteiger partial charge in [-0.1, -0.05) is 43.0 Å². The van der Waals surface area contributed by atoms with Gasteiger partial charge in [0.1, 0.15) is 0 Å². The molecule has 0 bridgehead atoms. The maximum Gasteiger partial charge on any atom is 1.00 e. The van der Waals surface area contributed by atoms with Crippen molar-refractivity contribution in [2.24, 2.45) is 0 Å². The molecule has 0 aliphatic carbocycles. The quantitative estimate of drug-likeness (QED) is 0.497. The van der Waals surface area contributed by atoms with Gasteiger partial charge in [-0.05, 0) is 5.56 Å². The van der Waals surface area contributed by atoms with E-state index in [0.29, 0.717) is 0 Å². The molecule has 1 aromatic carbocycles. The molecule has 0 unspecified atom stereocenters. The molecule has 16 heteroatoms. The second-order valence-corrected chi connectivity index (χ2v) is 3.10. The van der Waals surface area contributed by atoms with Crippen LogP contribution in [0.3, 0.4) is 0 Å². The molecule has 24 heavy (non-hydrogen) atoms. The molecule has 0 fully saturated rings. The normalized spacial score (nSPS) is 10.3. The minimum atomic E-state index is -6.00. The Balaban J connectivity index is -0.0000000714. The van der Waals surface area contributed by atoms with Crippen molar-refractivity contribution in [3.8, 4) is 0 Å². The average Bonchev–Trinajstić information content (AvgIpc) is 2.23. The van der Waals surface area contributed by atoms with Crippen LogP contribution in [0.1, 0.15) is 6.99 Å². The van der Waals surface area contributed by atoms with Crippen LogP contribution in [0, 0.1) is 0 Å². The Kier molecular flexibility index (Phi) is 20.1. The van der Waals surface area contributed by atoms with Crippen LogP contribution < -0.4 is 51.4 Å². The zero-order valence-electron chi connectivity index (χ0n) is 12.9. The molecular weight excluding hydrogens is 396 g/mol. The van der Waals surface area contributed by atoms with E-state index in [4.69, 9.17) is 0 Å². The monoisotopic (exact) mass is 405 g/mol. The predicted octanol–water partition coefficient (Wildman–Crippen LogP) is 3.35. The van der Waals surface area contributed by atoms with Gasteiger partial charge in [0.2, 0.25) is 0 Å². The first kappa shape index (κ1) is 31.7. The van der Waals surface area contributed by atoms with Crippen molar-refractivity contribution in [3.05, 3.63) is 42.5 Å². The first-order valence-electron chi connectivity index (χ1n) is 5.23. The molecule has 0 aliphatic rings. The van der Waals surface area contributed by atoms with Crippen molar-refractivity contribution in [1.82, 2.24) is 0 Å². The summed E-state index contributed by atoms with van der Waals surface area (Å²) in [5.41, 5.74) is 1.17. The molecule has 0 nitrogen and oxygen atoms in total. The molecule has 1 aromatic rings. The number of rotatable bonds is 1. The van der Waals surface area contributed by atoms with Gasteiger partial charge in [-0.3, -0.25) is 0 Å². The summed E-state index contributed by atoms with van der Waals surface area (Å²) in [7, 11) is -18.0. The van der Waals surface area contributed by atoms with Crippen molar-refractivity contribution < 1.29 is 105 Å². The molecule has 0 radical (unpaired) electrons. The maximum atomic E-state index is 9.75. The van der Waals surface area contributed by atoms with Gasteiger partial charge in [0.25, 0.3) is 0 Å². The van der Waals surface area contributed by atoms with Crippen LogP contribution in [-0.2, 0) is 0 Å². The van der Waals surface area contributed by atoms with Crippen LogP contribution >= 0.6 is 0 Å². The second-order valence-electron chi connectivity index (χ2n) is 3.10. The summed E-state index contributed by atoms with van der Waals surface area (Å²) in [6.45, 7) is 3.63. The summed E-state index contributed by atoms with van der Waals surface area (Å²) in [5, 5.41) is 0. The molecule has 0 aliphatic heterocycles. The number of hydrogen-bond acceptors (Lipinski definition) is 0. The van der Waals surface area contributed by atoms with Crippen molar-refractivity contribution in [2.75, 3.05) is 0 Å². The van der Waals surface area contributed by atoms with Crippen LogP contribution in [0.15, 0.2) is 36.9 Å². The Morgan fingerprint density at radius 1 is 0.625 bits per heavy atom. The van der Waals surface area contributed by atoms with Gasteiger partial charge in [0.15, 0.2) is 0 Å². The first-order chi connectivity index (χ1) is 9.93. The fraction of sp³-hybridized carbons (Fsp3) is 0. The molecule has 0 saturated heterocycles. The van der Waals surface area contributed by atoms with E-state index in [1.54, 1.807) is 0 Å². The summed E-state index contributed by atoms with van der Waals surface area (Å²) in [6.07, 6.45) is 1.83. The van der Waals surface area contributed by atoms with Crippen LogP contribution in [-0.4, -0.2) is 21.8 Å². The third-order valence-electron chi connectivity index (χ3n) is 1.04. The van der Waals surface area contributed by atoms with Gasteiger partial charge in [-0.15, -0.1) is 0 Å². The van der Waals surface area contributed by atoms with Crippen LogP contribution in [0.4, 0.5) is 51.8 Å². The molecular formula is C8H9B3F12K-3. The maximum absolute atomic E-state index is 9.75. The Hall–Kier alpha value is -0.0488. The summed E-state index contributed by atoms with van der Waals surface area (Å²) in [6, 6.07) is 10.0. The Bertz CT molecular complexity index is 361. The number of hydrogen-bond donors (Lipinski definition) is 0. The fourth-order valence-electron chi connectivity index (χ4n) is 0.589. The minimum Gasteiger partial charge on any atom is -1.00 e. The fourth-order valence-corrected chi connectivity index (χ4v) is 0.589. The van der Waals surface area contributed by atoms with Gasteiger partial charge in [0, 0.05) is 0 Å². The van der Waals surface area contributed by atoms with E-state index in [-0.39, 0.29) is 52.8 Å². The molecule has 0 N–H and O–H groups in total. The predicted molar refractivity (Wildman–Crippen MR) is 68.2 cm³/mol. The van der Waals surface area contributed by atoms with E-state index >= 15 is 0 Å². The van der Waals surface area contributed by atoms with E-state index in [9.17, 15) is 51.8 Å². The second kappa shape index (κ2) is 15.2. The summed E-state index contributed by atoms with van der Waals surface area (Å²) >= 11 is 0. The average molecular weight is 405 g/mol. The molecule has 0 spiro atoms. The van der Waals surface area contributed by atoms with Gasteiger partial charge in [-0.2, -0.15) is 0 Å². The van der Waals surface area contributed by atoms with Gasteiger partial charge >= 0.3 is 73.1 Å². The van der Waals surface area contributed by atoms with Crippen LogP contribution in [0.5, 0.6) is 0 Å². The summed E-state index contributed by atoms with van der Waals surface area (Å²) in [5.74, 6) is 0. The van der Waals surface area contributed by atoms with Crippen molar-refractivity contribution in [1.29, 1.82) is 0 Å². The third kappa shape index (κ3) is 97.3. The third-order valence-corrected chi connectivity index (χ3v) is 1.04. The van der Waals surface area contributed by atoms with Crippen molar-refractivity contribution in [3.63, 3.8) is 0 Å². The smallest absolute Gasteiger partial charge is 1.00 e. The Morgan fingerprint density at radius 3 is 0.958 bits per heavy atom. The van der Waals surface area contributed by atoms with Crippen molar-refractivity contribution >= 4 is 27.8 Å². The molecule has 138 valence electrons. The van der Waals surface area contributed by atoms with Gasteiger partial charge in [0.05, 0.1) is 0 Å². The van der Waals surface area contributed by atoms with Crippen LogP contribution in [0.25, 0.3) is 6.08 Å². The SMILES string of the molecule is C=Cc1ccccc1.F[B-](F)(F)F.F[B-](F)(F)F.F[B-](F)(F)F.[H-].[K+]. The van der Waals surface area contributed by atoms with E-state index < -0.39 is 21.8 Å². The number of benzene rings is 1. The Morgan fingerprint density at radius 2 is 0.833 bits per heavy atom. The topological polar surface area (TPSA) is 0 Å². The standard InChI is InChI=1S/C8H8.3BF4.K.H/c1-2-8-6-4-3-5-7-8;3*2-1(3,4)5;;/h2-7H,1H2;;;;;/q;3*-1;+1;-1. The van der Waals surface area contributed by atoms with Gasteiger partial charge in [-0.25, -0.2) is 0 Å². The summed E-state index contributed by atoms with van der Waals surface area (Å²) < 4.78 is 117. The molecule has 0 aromatic heterocycles. The van der Waals surface area contributed by atoms with E-state index in [1.165, 1.54) is 5.56 Å². The molecule has 1 rings (SSSR count). The zero-order chi connectivity index (χ0) is 19.3. The van der Waals surface area contributed by atoms with Crippen molar-refractivity contribution in [2.45, 2.75) is 0 Å². The number of halogens is 12. The zero-order valence-corrected chi connectivity index (χ0v) is 15.1. The van der Waals surface area contributed by atoms with E-state index in [0.717, 1.165) is 0 Å². The summed E-state index contributed by atoms with van der Waals surface area (Å²) in [4.78, 5) is 0. The molecule has 0 saturated carbocycles.